The van der Waals surface area contributed by atoms with Gasteiger partial charge in [0.2, 0.25) is 5.91 Å². The van der Waals surface area contributed by atoms with Gasteiger partial charge in [-0.05, 0) is 70.6 Å². The number of allylic oxidation sites excluding steroid dienone is 7. The van der Waals surface area contributed by atoms with Gasteiger partial charge in [0.25, 0.3) is 0 Å². The fraction of sp³-hybridized carbons (Fsp3) is 0.800. The normalized spacial score (nSPS) is 14.1. The summed E-state index contributed by atoms with van der Waals surface area (Å²) in [6, 6.07) is -0.823. The lowest BCUT2D eigenvalue weighted by Crippen LogP contribution is -2.48. The van der Waals surface area contributed by atoms with Gasteiger partial charge in [-0.1, -0.05) is 184 Å². The summed E-state index contributed by atoms with van der Waals surface area (Å²) >= 11 is 0. The van der Waals surface area contributed by atoms with Gasteiger partial charge < -0.3 is 20.6 Å². The predicted molar refractivity (Wildman–Crippen MR) is 217 cm³/mol. The van der Waals surface area contributed by atoms with Crippen LogP contribution in [0.15, 0.2) is 48.6 Å². The van der Waals surface area contributed by atoms with Crippen molar-refractivity contribution in [2.75, 3.05) is 6.61 Å². The minimum Gasteiger partial charge on any atom is -0.394 e. The Balaban J connectivity index is 3.76. The van der Waals surface area contributed by atoms with Crippen molar-refractivity contribution in [1.29, 1.82) is 0 Å². The lowest BCUT2D eigenvalue weighted by Gasteiger charge is -2.21. The third-order valence-electron chi connectivity index (χ3n) is 9.62. The van der Waals surface area contributed by atoms with Crippen molar-refractivity contribution < 1.29 is 20.1 Å². The van der Waals surface area contributed by atoms with Gasteiger partial charge in [0.1, 0.15) is 6.10 Å². The van der Waals surface area contributed by atoms with Crippen LogP contribution >= 0.6 is 0 Å². The van der Waals surface area contributed by atoms with E-state index in [1.807, 2.05) is 6.08 Å². The summed E-state index contributed by atoms with van der Waals surface area (Å²) in [5, 5.41) is 33.1. The average Bonchev–Trinajstić information content (AvgIpc) is 3.12. The molecule has 292 valence electrons. The van der Waals surface area contributed by atoms with E-state index in [1.54, 1.807) is 6.08 Å². The van der Waals surface area contributed by atoms with Crippen molar-refractivity contribution in [3.63, 3.8) is 0 Å². The number of hydrogen-bond acceptors (Lipinski definition) is 4. The molecular formula is C45H83NO4. The topological polar surface area (TPSA) is 89.8 Å². The van der Waals surface area contributed by atoms with Crippen molar-refractivity contribution in [2.45, 2.75) is 225 Å². The predicted octanol–water partition coefficient (Wildman–Crippen LogP) is 12.2. The van der Waals surface area contributed by atoms with Gasteiger partial charge in [-0.25, -0.2) is 0 Å². The number of aliphatic hydroxyl groups is 3. The minimum atomic E-state index is -1.11. The highest BCUT2D eigenvalue weighted by Gasteiger charge is 2.22. The minimum absolute atomic E-state index is 0.384. The molecule has 0 saturated carbocycles. The Hall–Kier alpha value is -1.69. The molecule has 5 heteroatoms. The SMILES string of the molecule is CCCCCCCC/C=C/CC/C=C/CC/C=C/C(O)C(CO)NC(=O)C(O)CCCCCCCC/C=C\CCCCCCCCCCCC. The summed E-state index contributed by atoms with van der Waals surface area (Å²) in [5.41, 5.74) is 0. The molecule has 0 aliphatic heterocycles. The van der Waals surface area contributed by atoms with Crippen LogP contribution in [0, 0.1) is 0 Å². The maximum atomic E-state index is 12.4. The van der Waals surface area contributed by atoms with E-state index in [9.17, 15) is 20.1 Å². The molecule has 0 aliphatic rings. The van der Waals surface area contributed by atoms with Crippen LogP contribution in [0.25, 0.3) is 0 Å². The summed E-state index contributed by atoms with van der Waals surface area (Å²) in [5.74, 6) is -0.523. The molecule has 0 aromatic carbocycles. The Labute approximate surface area is 310 Å². The zero-order chi connectivity index (χ0) is 36.6. The maximum Gasteiger partial charge on any atom is 0.249 e. The van der Waals surface area contributed by atoms with E-state index in [4.69, 9.17) is 0 Å². The number of rotatable bonds is 38. The summed E-state index contributed by atoms with van der Waals surface area (Å²) in [7, 11) is 0. The molecule has 0 saturated heterocycles. The molecule has 0 fully saturated rings. The Morgan fingerprint density at radius 3 is 1.22 bits per heavy atom. The molecule has 0 aliphatic carbocycles. The molecule has 50 heavy (non-hydrogen) atoms. The Morgan fingerprint density at radius 2 is 0.820 bits per heavy atom. The van der Waals surface area contributed by atoms with Crippen molar-refractivity contribution in [3.05, 3.63) is 48.6 Å². The van der Waals surface area contributed by atoms with Gasteiger partial charge >= 0.3 is 0 Å². The number of hydrogen-bond donors (Lipinski definition) is 4. The third-order valence-corrected chi connectivity index (χ3v) is 9.62. The van der Waals surface area contributed by atoms with Crippen LogP contribution in [0.5, 0.6) is 0 Å². The van der Waals surface area contributed by atoms with Crippen LogP contribution in [0.3, 0.4) is 0 Å². The van der Waals surface area contributed by atoms with Crippen molar-refractivity contribution in [1.82, 2.24) is 5.32 Å². The summed E-state index contributed by atoms with van der Waals surface area (Å²) in [4.78, 5) is 12.4. The molecule has 0 heterocycles. The molecule has 5 nitrogen and oxygen atoms in total. The molecule has 0 aromatic heterocycles. The fourth-order valence-corrected chi connectivity index (χ4v) is 6.21. The van der Waals surface area contributed by atoms with E-state index in [0.29, 0.717) is 6.42 Å². The third kappa shape index (κ3) is 34.7. The Morgan fingerprint density at radius 1 is 0.480 bits per heavy atom. The molecule has 0 aromatic rings. The van der Waals surface area contributed by atoms with Gasteiger partial charge in [0.05, 0.1) is 18.8 Å². The lowest BCUT2D eigenvalue weighted by molar-refractivity contribution is -0.131. The molecule has 1 amide bonds. The Bertz CT molecular complexity index is 820. The number of aliphatic hydroxyl groups excluding tert-OH is 3. The van der Waals surface area contributed by atoms with Crippen molar-refractivity contribution in [3.8, 4) is 0 Å². The zero-order valence-corrected chi connectivity index (χ0v) is 33.0. The number of nitrogens with one attached hydrogen (secondary N) is 1. The standard InChI is InChI=1S/C45H83NO4/c1-3-5-7-9-11-13-15-17-19-21-22-23-24-26-28-30-32-34-36-38-40-44(49)45(50)46-42(41-47)43(48)39-37-35-33-31-29-27-25-20-18-16-14-12-10-8-6-4-2/h18,20,23-24,29,31,37,39,42-44,47-49H,3-17,19,21-22,25-28,30,32-36,38,40-41H2,1-2H3,(H,46,50)/b20-18+,24-23-,31-29+,39-37+. The highest BCUT2D eigenvalue weighted by Crippen LogP contribution is 2.13. The average molecular weight is 702 g/mol. The first-order valence-corrected chi connectivity index (χ1v) is 21.5. The van der Waals surface area contributed by atoms with Crippen LogP contribution in [0.2, 0.25) is 0 Å². The number of carbonyl (C=O) groups is 1. The first-order valence-electron chi connectivity index (χ1n) is 21.5. The quantitative estimate of drug-likeness (QED) is 0.0381. The lowest BCUT2D eigenvalue weighted by atomic mass is 10.0. The molecular weight excluding hydrogens is 618 g/mol. The smallest absolute Gasteiger partial charge is 0.249 e. The second-order valence-electron chi connectivity index (χ2n) is 14.5. The zero-order valence-electron chi connectivity index (χ0n) is 33.0. The second kappa shape index (κ2) is 40.1. The Kier molecular flexibility index (Phi) is 38.7. The van der Waals surface area contributed by atoms with E-state index in [1.165, 1.54) is 135 Å². The monoisotopic (exact) mass is 702 g/mol. The summed E-state index contributed by atoms with van der Waals surface area (Å²) in [6.07, 6.45) is 51.4. The first-order chi connectivity index (χ1) is 24.6. The number of amides is 1. The summed E-state index contributed by atoms with van der Waals surface area (Å²) in [6.45, 7) is 4.15. The number of unbranched alkanes of at least 4 members (excludes halogenated alkanes) is 24. The summed E-state index contributed by atoms with van der Waals surface area (Å²) < 4.78 is 0. The molecule has 0 bridgehead atoms. The van der Waals surface area contributed by atoms with Crippen molar-refractivity contribution in [2.24, 2.45) is 0 Å². The van der Waals surface area contributed by atoms with E-state index in [2.05, 4.69) is 55.6 Å². The largest absolute Gasteiger partial charge is 0.394 e. The van der Waals surface area contributed by atoms with Gasteiger partial charge in [0, 0.05) is 0 Å². The second-order valence-corrected chi connectivity index (χ2v) is 14.5. The molecule has 0 spiro atoms. The van der Waals surface area contributed by atoms with Gasteiger partial charge in [-0.15, -0.1) is 0 Å². The fourth-order valence-electron chi connectivity index (χ4n) is 6.21. The van der Waals surface area contributed by atoms with E-state index >= 15 is 0 Å². The van der Waals surface area contributed by atoms with Crippen LogP contribution in [0.4, 0.5) is 0 Å². The molecule has 3 atom stereocenters. The highest BCUT2D eigenvalue weighted by atomic mass is 16.3. The van der Waals surface area contributed by atoms with Crippen LogP contribution in [-0.4, -0.2) is 46.1 Å². The first kappa shape index (κ1) is 48.3. The molecule has 3 unspecified atom stereocenters. The number of carbonyl (C=O) groups excluding carboxylic acids is 1. The maximum absolute atomic E-state index is 12.4. The van der Waals surface area contributed by atoms with Crippen LogP contribution in [-0.2, 0) is 4.79 Å². The molecule has 0 radical (unpaired) electrons. The molecule has 4 N–H and O–H groups in total. The van der Waals surface area contributed by atoms with E-state index in [-0.39, 0.29) is 6.61 Å². The van der Waals surface area contributed by atoms with Crippen LogP contribution < -0.4 is 5.32 Å². The van der Waals surface area contributed by atoms with Gasteiger partial charge in [0.15, 0.2) is 0 Å². The van der Waals surface area contributed by atoms with Crippen molar-refractivity contribution >= 4 is 5.91 Å². The van der Waals surface area contributed by atoms with Gasteiger partial charge in [-0.3, -0.25) is 4.79 Å². The van der Waals surface area contributed by atoms with E-state index < -0.39 is 24.2 Å². The highest BCUT2D eigenvalue weighted by molar-refractivity contribution is 5.80. The van der Waals surface area contributed by atoms with E-state index in [0.717, 1.165) is 51.4 Å². The van der Waals surface area contributed by atoms with Gasteiger partial charge in [-0.2, -0.15) is 0 Å². The van der Waals surface area contributed by atoms with Crippen LogP contribution in [0.1, 0.15) is 206 Å². The molecule has 0 rings (SSSR count).